The monoisotopic (exact) mass is 254 g/mol. The van der Waals surface area contributed by atoms with E-state index >= 15 is 0 Å². The molecular weight excluding hydrogens is 232 g/mol. The first-order valence-electron chi connectivity index (χ1n) is 6.39. The van der Waals surface area contributed by atoms with Gasteiger partial charge in [0.2, 0.25) is 0 Å². The molecule has 0 aliphatic carbocycles. The zero-order valence-corrected chi connectivity index (χ0v) is 11.4. The lowest BCUT2D eigenvalue weighted by Gasteiger charge is -2.19. The number of hydrogen-bond acceptors (Lipinski definition) is 5. The van der Waals surface area contributed by atoms with Crippen LogP contribution in [0.25, 0.3) is 0 Å². The molecule has 1 saturated heterocycles. The van der Waals surface area contributed by atoms with Crippen molar-refractivity contribution in [2.24, 2.45) is 0 Å². The van der Waals surface area contributed by atoms with E-state index in [-0.39, 0.29) is 0 Å². The minimum atomic E-state index is 0.907. The van der Waals surface area contributed by atoms with Crippen LogP contribution in [0.15, 0.2) is 5.38 Å². The molecule has 2 N–H and O–H groups in total. The average molecular weight is 254 g/mol. The molecule has 0 aromatic carbocycles. The molecule has 0 spiro atoms. The molecule has 0 saturated carbocycles. The van der Waals surface area contributed by atoms with Crippen LogP contribution >= 0.6 is 11.3 Å². The third kappa shape index (κ3) is 4.71. The van der Waals surface area contributed by atoms with Gasteiger partial charge >= 0.3 is 0 Å². The van der Waals surface area contributed by atoms with Crippen LogP contribution in [-0.2, 0) is 6.54 Å². The Morgan fingerprint density at radius 2 is 2.41 bits per heavy atom. The van der Waals surface area contributed by atoms with Gasteiger partial charge in [-0.1, -0.05) is 0 Å². The Morgan fingerprint density at radius 3 is 3.24 bits per heavy atom. The summed E-state index contributed by atoms with van der Waals surface area (Å²) in [5.41, 5.74) is 1.13. The van der Waals surface area contributed by atoms with Crippen LogP contribution in [0.4, 0.5) is 0 Å². The van der Waals surface area contributed by atoms with Crippen molar-refractivity contribution in [1.29, 1.82) is 0 Å². The molecule has 96 valence electrons. The third-order valence-corrected chi connectivity index (χ3v) is 3.95. The maximum Gasteiger partial charge on any atom is 0.107 e. The molecule has 1 aromatic rings. The normalized spacial score (nSPS) is 18.2. The fourth-order valence-corrected chi connectivity index (χ4v) is 2.78. The lowest BCUT2D eigenvalue weighted by Crippen LogP contribution is -2.34. The van der Waals surface area contributed by atoms with E-state index < -0.39 is 0 Å². The summed E-state index contributed by atoms with van der Waals surface area (Å²) >= 11 is 1.74. The van der Waals surface area contributed by atoms with Crippen LogP contribution in [0.1, 0.15) is 17.1 Å². The molecule has 2 heterocycles. The lowest BCUT2D eigenvalue weighted by molar-refractivity contribution is 0.291. The molecule has 0 bridgehead atoms. The number of thiazole rings is 1. The Labute approximate surface area is 107 Å². The van der Waals surface area contributed by atoms with Gasteiger partial charge in [0.15, 0.2) is 0 Å². The summed E-state index contributed by atoms with van der Waals surface area (Å²) in [5, 5.41) is 10.2. The van der Waals surface area contributed by atoms with Crippen LogP contribution in [-0.4, -0.2) is 49.2 Å². The molecule has 1 aliphatic rings. The van der Waals surface area contributed by atoms with Crippen LogP contribution in [0.5, 0.6) is 0 Å². The molecule has 17 heavy (non-hydrogen) atoms. The highest BCUT2D eigenvalue weighted by molar-refractivity contribution is 7.09. The third-order valence-electron chi connectivity index (χ3n) is 2.98. The molecule has 1 fully saturated rings. The average Bonchev–Trinajstić information content (AvgIpc) is 2.59. The van der Waals surface area contributed by atoms with Gasteiger partial charge in [0.05, 0.1) is 0 Å². The van der Waals surface area contributed by atoms with Crippen LogP contribution < -0.4 is 10.6 Å². The maximum absolute atomic E-state index is 4.44. The Kier molecular flexibility index (Phi) is 5.38. The van der Waals surface area contributed by atoms with E-state index in [2.05, 4.69) is 25.9 Å². The van der Waals surface area contributed by atoms with Gasteiger partial charge in [-0.25, -0.2) is 4.98 Å². The second-order valence-electron chi connectivity index (χ2n) is 4.50. The van der Waals surface area contributed by atoms with E-state index in [1.54, 1.807) is 11.3 Å². The minimum absolute atomic E-state index is 0.907. The van der Waals surface area contributed by atoms with E-state index in [4.69, 9.17) is 0 Å². The summed E-state index contributed by atoms with van der Waals surface area (Å²) in [4.78, 5) is 6.97. The molecular formula is C12H22N4S. The van der Waals surface area contributed by atoms with E-state index in [0.717, 1.165) is 31.9 Å². The van der Waals surface area contributed by atoms with Crippen molar-refractivity contribution in [2.75, 3.05) is 39.3 Å². The summed E-state index contributed by atoms with van der Waals surface area (Å²) in [5.74, 6) is 0. The Bertz CT molecular complexity index is 318. The molecule has 0 amide bonds. The highest BCUT2D eigenvalue weighted by Gasteiger charge is 2.07. The zero-order valence-electron chi connectivity index (χ0n) is 10.5. The highest BCUT2D eigenvalue weighted by atomic mass is 32.1. The predicted octanol–water partition coefficient (Wildman–Crippen LogP) is 0.836. The number of aryl methyl sites for hydroxylation is 1. The zero-order chi connectivity index (χ0) is 11.9. The second-order valence-corrected chi connectivity index (χ2v) is 5.45. The van der Waals surface area contributed by atoms with Gasteiger partial charge in [0, 0.05) is 43.8 Å². The number of nitrogens with one attached hydrogen (secondary N) is 2. The topological polar surface area (TPSA) is 40.2 Å². The quantitative estimate of drug-likeness (QED) is 0.764. The molecule has 0 unspecified atom stereocenters. The Hall–Kier alpha value is -0.490. The van der Waals surface area contributed by atoms with Crippen LogP contribution in [0.2, 0.25) is 0 Å². The summed E-state index contributed by atoms with van der Waals surface area (Å²) in [6.45, 7) is 9.86. The van der Waals surface area contributed by atoms with E-state index in [9.17, 15) is 0 Å². The minimum Gasteiger partial charge on any atom is -0.315 e. The van der Waals surface area contributed by atoms with Gasteiger partial charge < -0.3 is 15.5 Å². The van der Waals surface area contributed by atoms with Crippen molar-refractivity contribution < 1.29 is 0 Å². The van der Waals surface area contributed by atoms with Gasteiger partial charge in [-0.3, -0.25) is 0 Å². The molecule has 4 nitrogen and oxygen atoms in total. The van der Waals surface area contributed by atoms with Gasteiger partial charge in [0.1, 0.15) is 5.01 Å². The first kappa shape index (κ1) is 13.0. The van der Waals surface area contributed by atoms with Crippen molar-refractivity contribution in [3.05, 3.63) is 16.1 Å². The summed E-state index contributed by atoms with van der Waals surface area (Å²) in [6.07, 6.45) is 1.27. The van der Waals surface area contributed by atoms with Crippen molar-refractivity contribution in [3.8, 4) is 0 Å². The first-order valence-corrected chi connectivity index (χ1v) is 7.27. The Morgan fingerprint density at radius 1 is 1.47 bits per heavy atom. The maximum atomic E-state index is 4.44. The van der Waals surface area contributed by atoms with Crippen molar-refractivity contribution in [2.45, 2.75) is 19.9 Å². The number of aromatic nitrogens is 1. The highest BCUT2D eigenvalue weighted by Crippen LogP contribution is 2.07. The van der Waals surface area contributed by atoms with Crippen molar-refractivity contribution in [1.82, 2.24) is 20.5 Å². The second kappa shape index (κ2) is 7.06. The molecule has 2 rings (SSSR count). The van der Waals surface area contributed by atoms with E-state index in [1.807, 2.05) is 6.92 Å². The first-order chi connectivity index (χ1) is 8.34. The predicted molar refractivity (Wildman–Crippen MR) is 72.5 cm³/mol. The molecule has 5 heteroatoms. The van der Waals surface area contributed by atoms with Crippen molar-refractivity contribution in [3.63, 3.8) is 0 Å². The van der Waals surface area contributed by atoms with E-state index in [0.29, 0.717) is 0 Å². The van der Waals surface area contributed by atoms with Crippen molar-refractivity contribution >= 4 is 11.3 Å². The molecule has 1 aliphatic heterocycles. The SMILES string of the molecule is Cc1csc(CNCCN2CCCNCC2)n1. The summed E-state index contributed by atoms with van der Waals surface area (Å²) in [7, 11) is 0. The standard InChI is InChI=1S/C12H22N4S/c1-11-10-17-12(15-11)9-14-5-8-16-6-2-3-13-4-7-16/h10,13-14H,2-9H2,1H3. The van der Waals surface area contributed by atoms with Gasteiger partial charge in [-0.15, -0.1) is 11.3 Å². The smallest absolute Gasteiger partial charge is 0.107 e. The van der Waals surface area contributed by atoms with Gasteiger partial charge in [0.25, 0.3) is 0 Å². The van der Waals surface area contributed by atoms with Gasteiger partial charge in [-0.05, 0) is 26.4 Å². The van der Waals surface area contributed by atoms with E-state index in [1.165, 1.54) is 31.1 Å². The fraction of sp³-hybridized carbons (Fsp3) is 0.750. The van der Waals surface area contributed by atoms with Crippen LogP contribution in [0, 0.1) is 6.92 Å². The number of hydrogen-bond donors (Lipinski definition) is 2. The fourth-order valence-electron chi connectivity index (χ4n) is 2.04. The van der Waals surface area contributed by atoms with Crippen LogP contribution in [0.3, 0.4) is 0 Å². The molecule has 0 radical (unpaired) electrons. The Balaban J connectivity index is 1.59. The van der Waals surface area contributed by atoms with Gasteiger partial charge in [-0.2, -0.15) is 0 Å². The molecule has 1 aromatic heterocycles. The summed E-state index contributed by atoms with van der Waals surface area (Å²) < 4.78 is 0. The lowest BCUT2D eigenvalue weighted by atomic mass is 10.4. The number of nitrogens with zero attached hydrogens (tertiary/aromatic N) is 2. The molecule has 0 atom stereocenters. The number of rotatable bonds is 5. The largest absolute Gasteiger partial charge is 0.315 e. The summed E-state index contributed by atoms with van der Waals surface area (Å²) in [6, 6.07) is 0.